The van der Waals surface area contributed by atoms with Gasteiger partial charge in [0.05, 0.1) is 23.5 Å². The van der Waals surface area contributed by atoms with E-state index in [2.05, 4.69) is 5.10 Å². The van der Waals surface area contributed by atoms with Gasteiger partial charge in [-0.2, -0.15) is 5.10 Å². The molecule has 0 aliphatic carbocycles. The van der Waals surface area contributed by atoms with Gasteiger partial charge in [0.25, 0.3) is 5.91 Å². The molecule has 27 heavy (non-hydrogen) atoms. The first kappa shape index (κ1) is 17.5. The van der Waals surface area contributed by atoms with E-state index >= 15 is 0 Å². The predicted molar refractivity (Wildman–Crippen MR) is 102 cm³/mol. The van der Waals surface area contributed by atoms with Gasteiger partial charge >= 0.3 is 0 Å². The zero-order valence-corrected chi connectivity index (χ0v) is 15.8. The van der Waals surface area contributed by atoms with Crippen molar-refractivity contribution < 1.29 is 13.9 Å². The molecular weight excluding hydrogens is 342 g/mol. The second-order valence-corrected chi connectivity index (χ2v) is 7.05. The van der Waals surface area contributed by atoms with Crippen LogP contribution in [0.15, 0.2) is 53.1 Å². The highest BCUT2D eigenvalue weighted by Crippen LogP contribution is 2.27. The number of rotatable bonds is 3. The number of aryl methyl sites for hydroxylation is 1. The Hall–Kier alpha value is -2.86. The van der Waals surface area contributed by atoms with Crippen LogP contribution in [0.4, 0.5) is 0 Å². The lowest BCUT2D eigenvalue weighted by Gasteiger charge is -2.35. The molecule has 1 aliphatic rings. The molecule has 140 valence electrons. The maximum absolute atomic E-state index is 13.3. The predicted octanol–water partition coefficient (Wildman–Crippen LogP) is 3.69. The van der Waals surface area contributed by atoms with Gasteiger partial charge in [-0.1, -0.05) is 18.2 Å². The maximum atomic E-state index is 13.3. The molecule has 4 rings (SSSR count). The first-order valence-corrected chi connectivity index (χ1v) is 9.18. The third kappa shape index (κ3) is 3.53. The highest BCUT2D eigenvalue weighted by Gasteiger charge is 2.30. The Morgan fingerprint density at radius 2 is 1.78 bits per heavy atom. The summed E-state index contributed by atoms with van der Waals surface area (Å²) in [6, 6.07) is 13.5. The van der Waals surface area contributed by atoms with Crippen molar-refractivity contribution in [2.75, 3.05) is 13.1 Å². The van der Waals surface area contributed by atoms with Crippen LogP contribution in [-0.2, 0) is 4.74 Å². The molecule has 1 aromatic carbocycles. The van der Waals surface area contributed by atoms with Crippen LogP contribution in [0.2, 0.25) is 0 Å². The first-order chi connectivity index (χ1) is 13.0. The number of hydrogen-bond acceptors (Lipinski definition) is 4. The lowest BCUT2D eigenvalue weighted by Crippen LogP contribution is -2.48. The summed E-state index contributed by atoms with van der Waals surface area (Å²) >= 11 is 0. The number of furan rings is 1. The largest absolute Gasteiger partial charge is 0.460 e. The van der Waals surface area contributed by atoms with E-state index in [1.807, 2.05) is 68.1 Å². The van der Waals surface area contributed by atoms with E-state index in [9.17, 15) is 4.79 Å². The van der Waals surface area contributed by atoms with Crippen molar-refractivity contribution in [3.8, 4) is 17.1 Å². The Kier molecular flexibility index (Phi) is 4.58. The summed E-state index contributed by atoms with van der Waals surface area (Å²) in [4.78, 5) is 15.1. The van der Waals surface area contributed by atoms with Crippen LogP contribution in [0.3, 0.4) is 0 Å². The molecule has 0 N–H and O–H groups in total. The second-order valence-electron chi connectivity index (χ2n) is 7.05. The number of nitrogens with zero attached hydrogens (tertiary/aromatic N) is 3. The molecular formula is C21H23N3O3. The van der Waals surface area contributed by atoms with Crippen LogP contribution < -0.4 is 0 Å². The summed E-state index contributed by atoms with van der Waals surface area (Å²) in [6.07, 6.45) is 1.81. The number of hydrogen-bond donors (Lipinski definition) is 0. The minimum Gasteiger partial charge on any atom is -0.460 e. The molecule has 2 atom stereocenters. The number of carbonyl (C=O) groups excluding carboxylic acids is 1. The van der Waals surface area contributed by atoms with Crippen LogP contribution in [0.5, 0.6) is 0 Å². The molecule has 1 saturated heterocycles. The van der Waals surface area contributed by atoms with Crippen LogP contribution in [0.25, 0.3) is 17.1 Å². The molecule has 3 aromatic rings. The van der Waals surface area contributed by atoms with Crippen LogP contribution in [-0.4, -0.2) is 45.9 Å². The molecule has 1 aliphatic heterocycles. The van der Waals surface area contributed by atoms with Gasteiger partial charge in [0.2, 0.25) is 0 Å². The molecule has 0 spiro atoms. The number of aromatic nitrogens is 2. The summed E-state index contributed by atoms with van der Waals surface area (Å²) in [7, 11) is 0. The van der Waals surface area contributed by atoms with E-state index in [-0.39, 0.29) is 18.1 Å². The molecule has 0 bridgehead atoms. The van der Waals surface area contributed by atoms with Gasteiger partial charge in [-0.15, -0.1) is 0 Å². The van der Waals surface area contributed by atoms with Crippen molar-refractivity contribution in [1.82, 2.24) is 14.7 Å². The van der Waals surface area contributed by atoms with Crippen molar-refractivity contribution in [2.24, 2.45) is 0 Å². The van der Waals surface area contributed by atoms with E-state index in [0.29, 0.717) is 30.1 Å². The highest BCUT2D eigenvalue weighted by atomic mass is 16.5. The van der Waals surface area contributed by atoms with Crippen LogP contribution in [0, 0.1) is 6.92 Å². The van der Waals surface area contributed by atoms with Crippen molar-refractivity contribution in [1.29, 1.82) is 0 Å². The monoisotopic (exact) mass is 365 g/mol. The zero-order valence-electron chi connectivity index (χ0n) is 15.8. The Morgan fingerprint density at radius 3 is 2.41 bits per heavy atom. The Morgan fingerprint density at radius 1 is 1.07 bits per heavy atom. The van der Waals surface area contributed by atoms with Crippen molar-refractivity contribution in [3.63, 3.8) is 0 Å². The molecule has 0 radical (unpaired) electrons. The van der Waals surface area contributed by atoms with Crippen LogP contribution in [0.1, 0.15) is 30.0 Å². The maximum Gasteiger partial charge on any atom is 0.258 e. The van der Waals surface area contributed by atoms with E-state index in [1.54, 1.807) is 10.9 Å². The molecule has 0 unspecified atom stereocenters. The molecule has 0 saturated carbocycles. The average molecular weight is 365 g/mol. The van der Waals surface area contributed by atoms with Gasteiger partial charge in [-0.3, -0.25) is 4.79 Å². The van der Waals surface area contributed by atoms with Crippen molar-refractivity contribution in [2.45, 2.75) is 33.0 Å². The van der Waals surface area contributed by atoms with Gasteiger partial charge in [-0.05, 0) is 45.0 Å². The third-order valence-corrected chi connectivity index (χ3v) is 4.65. The first-order valence-electron chi connectivity index (χ1n) is 9.18. The average Bonchev–Trinajstić information content (AvgIpc) is 3.27. The molecule has 6 heteroatoms. The second kappa shape index (κ2) is 7.04. The normalized spacial score (nSPS) is 20.0. The minimum atomic E-state index is -0.0526. The molecule has 6 nitrogen and oxygen atoms in total. The number of amides is 1. The van der Waals surface area contributed by atoms with E-state index < -0.39 is 0 Å². The van der Waals surface area contributed by atoms with Gasteiger partial charge in [0.1, 0.15) is 11.5 Å². The highest BCUT2D eigenvalue weighted by molar-refractivity contribution is 5.99. The van der Waals surface area contributed by atoms with Gasteiger partial charge in [0, 0.05) is 19.3 Å². The summed E-state index contributed by atoms with van der Waals surface area (Å²) in [5.74, 6) is 1.33. The van der Waals surface area contributed by atoms with E-state index in [1.165, 1.54) is 0 Å². The molecule has 1 fully saturated rings. The standard InChI is InChI=1S/C21H23N3O3/c1-14-9-10-19(27-14)20-18(13-24(22-20)17-7-5-4-6-8-17)21(25)23-11-15(2)26-16(3)12-23/h4-10,13,15-16H,11-12H2,1-3H3/t15-,16+. The third-order valence-electron chi connectivity index (χ3n) is 4.65. The van der Waals surface area contributed by atoms with Crippen molar-refractivity contribution >= 4 is 5.91 Å². The quantitative estimate of drug-likeness (QED) is 0.710. The van der Waals surface area contributed by atoms with Gasteiger partial charge < -0.3 is 14.1 Å². The van der Waals surface area contributed by atoms with E-state index in [0.717, 1.165) is 11.4 Å². The van der Waals surface area contributed by atoms with E-state index in [4.69, 9.17) is 9.15 Å². The summed E-state index contributed by atoms with van der Waals surface area (Å²) in [5.41, 5.74) is 1.99. The number of morpholine rings is 1. The fourth-order valence-corrected chi connectivity index (χ4v) is 3.50. The number of benzene rings is 1. The minimum absolute atomic E-state index is 0.0103. The number of para-hydroxylation sites is 1. The van der Waals surface area contributed by atoms with Crippen molar-refractivity contribution in [3.05, 3.63) is 60.0 Å². The topological polar surface area (TPSA) is 60.5 Å². The zero-order chi connectivity index (χ0) is 19.0. The number of ether oxygens (including phenoxy) is 1. The SMILES string of the molecule is Cc1ccc(-c2nn(-c3ccccc3)cc2C(=O)N2C[C@@H](C)O[C@@H](C)C2)o1. The Bertz CT molecular complexity index is 935. The molecule has 3 heterocycles. The molecule has 1 amide bonds. The van der Waals surface area contributed by atoms with Gasteiger partial charge in [-0.25, -0.2) is 4.68 Å². The summed E-state index contributed by atoms with van der Waals surface area (Å²) < 4.78 is 13.3. The lowest BCUT2D eigenvalue weighted by molar-refractivity contribution is -0.0586. The fourth-order valence-electron chi connectivity index (χ4n) is 3.50. The number of carbonyl (C=O) groups is 1. The smallest absolute Gasteiger partial charge is 0.258 e. The summed E-state index contributed by atoms with van der Waals surface area (Å²) in [6.45, 7) is 6.98. The summed E-state index contributed by atoms with van der Waals surface area (Å²) in [5, 5.41) is 4.66. The van der Waals surface area contributed by atoms with Gasteiger partial charge in [0.15, 0.2) is 5.76 Å². The lowest BCUT2D eigenvalue weighted by atomic mass is 10.1. The van der Waals surface area contributed by atoms with Crippen LogP contribution >= 0.6 is 0 Å². The Balaban J connectivity index is 1.76. The fraction of sp³-hybridized carbons (Fsp3) is 0.333. The Labute approximate surface area is 158 Å². The molecule has 2 aromatic heterocycles.